The van der Waals surface area contributed by atoms with Gasteiger partial charge in [-0.05, 0) is 0 Å². The molecule has 0 aromatic rings. The van der Waals surface area contributed by atoms with Gasteiger partial charge in [0.05, 0.1) is 6.61 Å². The second-order valence-electron chi connectivity index (χ2n) is 7.02. The zero-order valence-electron chi connectivity index (χ0n) is 14.6. The van der Waals surface area contributed by atoms with Crippen molar-refractivity contribution in [2.45, 2.75) is 64.8 Å². The molecule has 0 amide bonds. The van der Waals surface area contributed by atoms with E-state index in [1.54, 1.807) is 0 Å². The molecule has 2 unspecified atom stereocenters. The first kappa shape index (κ1) is 25.9. The lowest BCUT2D eigenvalue weighted by atomic mass is 9.66. The quantitative estimate of drug-likeness (QED) is 0.166. The molecule has 2 aliphatic rings. The van der Waals surface area contributed by atoms with Crippen molar-refractivity contribution < 1.29 is 79.8 Å². The van der Waals surface area contributed by atoms with Crippen LogP contribution in [-0.4, -0.2) is 128 Å². The average Bonchev–Trinajstić information content (AvgIpc) is 2.69. The second kappa shape index (κ2) is 7.90. The minimum Gasteiger partial charge on any atom is -0.593 e. The summed E-state index contributed by atoms with van der Waals surface area (Å²) in [4.78, 5) is 23.5. The van der Waals surface area contributed by atoms with Crippen LogP contribution in [0, 0.1) is 0 Å². The Hall–Kier alpha value is -0.360. The van der Waals surface area contributed by atoms with Crippen molar-refractivity contribution in [3.05, 3.63) is 0 Å². The highest BCUT2D eigenvalue weighted by Gasteiger charge is 2.93. The summed E-state index contributed by atoms with van der Waals surface area (Å²) in [5.41, 5.74) is -4.52. The number of ether oxygens (including phenoxy) is 1. The molecule has 16 nitrogen and oxygen atoms in total. The Morgan fingerprint density at radius 2 is 1.27 bits per heavy atom. The van der Waals surface area contributed by atoms with Crippen molar-refractivity contribution in [3.8, 4) is 0 Å². The van der Waals surface area contributed by atoms with Crippen LogP contribution in [-0.2, 0) is 13.9 Å². The summed E-state index contributed by atoms with van der Waals surface area (Å²) in [5.74, 6) is -4.18. The SMILES string of the molecule is O=[P+]([O-])[C@@]1(O)[C@@](O)([C@]2(O)O[C@H](CO)[C@@H](O)[C@H](O)[C@@H]2O)[C@H](O)[C@@H](O)[C@@H](O)[C@@]1(O)[P+](=O)[O-]. The van der Waals surface area contributed by atoms with Crippen molar-refractivity contribution in [2.24, 2.45) is 0 Å². The molecule has 0 aromatic heterocycles. The van der Waals surface area contributed by atoms with Gasteiger partial charge >= 0.3 is 26.7 Å². The Labute approximate surface area is 168 Å². The maximum Gasteiger partial charge on any atom is 0.374 e. The molecule has 1 heterocycles. The van der Waals surface area contributed by atoms with E-state index in [2.05, 4.69) is 4.74 Å². The highest BCUT2D eigenvalue weighted by atomic mass is 31.1. The third kappa shape index (κ3) is 2.80. The summed E-state index contributed by atoms with van der Waals surface area (Å²) in [6.45, 7) is -1.29. The first-order valence-corrected chi connectivity index (χ1v) is 10.4. The predicted octanol–water partition coefficient (Wildman–Crippen LogP) is -8.44. The Morgan fingerprint density at radius 3 is 1.67 bits per heavy atom. The topological polar surface area (TPSA) is 312 Å². The molecule has 0 bridgehead atoms. The van der Waals surface area contributed by atoms with Crippen LogP contribution in [0.15, 0.2) is 0 Å². The molecule has 13 atom stereocenters. The molecule has 1 saturated heterocycles. The van der Waals surface area contributed by atoms with E-state index in [1.807, 2.05) is 0 Å². The molecular formula is C12H20O16P2. The van der Waals surface area contributed by atoms with Crippen LogP contribution >= 0.6 is 16.1 Å². The number of aliphatic hydroxyl groups excluding tert-OH is 7. The minimum atomic E-state index is -4.92. The molecule has 0 aromatic carbocycles. The lowest BCUT2D eigenvalue weighted by molar-refractivity contribution is -0.453. The van der Waals surface area contributed by atoms with Gasteiger partial charge in [0.1, 0.15) is 36.6 Å². The molecule has 11 N–H and O–H groups in total. The number of hydrogen-bond donors (Lipinski definition) is 11. The van der Waals surface area contributed by atoms with E-state index in [9.17, 15) is 75.1 Å². The summed E-state index contributed by atoms with van der Waals surface area (Å²) >= 11 is 0. The zero-order valence-corrected chi connectivity index (χ0v) is 16.4. The van der Waals surface area contributed by atoms with Gasteiger partial charge in [0.2, 0.25) is 11.4 Å². The van der Waals surface area contributed by atoms with Crippen molar-refractivity contribution in [3.63, 3.8) is 0 Å². The van der Waals surface area contributed by atoms with E-state index in [0.717, 1.165) is 0 Å². The molecule has 174 valence electrons. The molecule has 18 heteroatoms. The van der Waals surface area contributed by atoms with E-state index in [1.165, 1.54) is 0 Å². The first-order valence-electron chi connectivity index (χ1n) is 8.07. The summed E-state index contributed by atoms with van der Waals surface area (Å²) in [7, 11) is -9.64. The fraction of sp³-hybridized carbons (Fsp3) is 1.00. The lowest BCUT2D eigenvalue weighted by Gasteiger charge is -2.59. The third-order valence-electron chi connectivity index (χ3n) is 5.59. The van der Waals surface area contributed by atoms with E-state index in [-0.39, 0.29) is 0 Å². The third-order valence-corrected chi connectivity index (χ3v) is 8.12. The maximum absolute atomic E-state index is 11.9. The summed E-state index contributed by atoms with van der Waals surface area (Å²) in [6, 6.07) is 0. The summed E-state index contributed by atoms with van der Waals surface area (Å²) in [5, 5.41) is 103. The molecule has 2 rings (SSSR count). The maximum atomic E-state index is 11.9. The largest absolute Gasteiger partial charge is 0.593 e. The van der Waals surface area contributed by atoms with Crippen molar-refractivity contribution in [1.29, 1.82) is 0 Å². The van der Waals surface area contributed by atoms with Gasteiger partial charge in [-0.15, -0.1) is 0 Å². The van der Waals surface area contributed by atoms with Gasteiger partial charge in [0.15, 0.2) is 6.10 Å². The molecule has 1 aliphatic heterocycles. The fourth-order valence-electron chi connectivity index (χ4n) is 3.79. The van der Waals surface area contributed by atoms with Crippen LogP contribution in [0.1, 0.15) is 0 Å². The summed E-state index contributed by atoms with van der Waals surface area (Å²) < 4.78 is 28.2. The number of aliphatic hydroxyl groups is 11. The van der Waals surface area contributed by atoms with Crippen LogP contribution in [0.4, 0.5) is 0 Å². The van der Waals surface area contributed by atoms with Crippen LogP contribution in [0.25, 0.3) is 0 Å². The molecule has 1 saturated carbocycles. The molecular weight excluding hydrogens is 462 g/mol. The average molecular weight is 482 g/mol. The van der Waals surface area contributed by atoms with Gasteiger partial charge in [-0.3, -0.25) is 0 Å². The van der Waals surface area contributed by atoms with Gasteiger partial charge < -0.3 is 70.7 Å². The first-order chi connectivity index (χ1) is 13.5. The van der Waals surface area contributed by atoms with E-state index < -0.39 is 87.5 Å². The molecule has 30 heavy (non-hydrogen) atoms. The highest BCUT2D eigenvalue weighted by molar-refractivity contribution is 7.43. The van der Waals surface area contributed by atoms with E-state index in [0.29, 0.717) is 0 Å². The van der Waals surface area contributed by atoms with Gasteiger partial charge in [0.25, 0.3) is 0 Å². The molecule has 2 fully saturated rings. The van der Waals surface area contributed by atoms with Crippen molar-refractivity contribution >= 4 is 16.1 Å². The Morgan fingerprint density at radius 1 is 0.767 bits per heavy atom. The van der Waals surface area contributed by atoms with Gasteiger partial charge in [0, 0.05) is 0 Å². The van der Waals surface area contributed by atoms with Crippen molar-refractivity contribution in [2.75, 3.05) is 6.61 Å². The van der Waals surface area contributed by atoms with Gasteiger partial charge in [-0.25, -0.2) is 0 Å². The smallest absolute Gasteiger partial charge is 0.374 e. The Balaban J connectivity index is 2.91. The highest BCUT2D eigenvalue weighted by Crippen LogP contribution is 2.64. The zero-order chi connectivity index (χ0) is 23.6. The number of rotatable bonds is 4. The standard InChI is InChI=1S/C12H20O16P2/c13-1-2-3(14)4(15)7(18)10(21,28-2)9(20)6(17)5(16)8(19)11(22,29(24)25)12(9,23)30(26)27/h2-8,13-23H,1H2/t2-,3-,4+,5-,6-,7+,8-,9+,10-,11-,12+/m1/s1. The van der Waals surface area contributed by atoms with Crippen LogP contribution in [0.3, 0.4) is 0 Å². The molecule has 0 spiro atoms. The molecule has 0 radical (unpaired) electrons. The van der Waals surface area contributed by atoms with Crippen LogP contribution in [0.5, 0.6) is 0 Å². The monoisotopic (exact) mass is 482 g/mol. The fourth-order valence-corrected chi connectivity index (χ4v) is 6.05. The van der Waals surface area contributed by atoms with Crippen molar-refractivity contribution in [1.82, 2.24) is 0 Å². The normalized spacial score (nSPS) is 55.8. The lowest BCUT2D eigenvalue weighted by Crippen LogP contribution is -2.90. The van der Waals surface area contributed by atoms with Crippen LogP contribution in [0.2, 0.25) is 0 Å². The second-order valence-corrected chi connectivity index (χ2v) is 9.38. The van der Waals surface area contributed by atoms with E-state index in [4.69, 9.17) is 0 Å². The van der Waals surface area contributed by atoms with Gasteiger partial charge in [-0.1, -0.05) is 9.13 Å². The number of hydrogen-bond acceptors (Lipinski definition) is 16. The molecule has 1 aliphatic carbocycles. The van der Waals surface area contributed by atoms with Gasteiger partial charge in [-0.2, -0.15) is 0 Å². The predicted molar refractivity (Wildman–Crippen MR) is 83.0 cm³/mol. The van der Waals surface area contributed by atoms with Crippen LogP contribution < -0.4 is 9.79 Å². The Bertz CT molecular complexity index is 722. The minimum absolute atomic E-state index is 1.29. The Kier molecular flexibility index (Phi) is 6.82. The van der Waals surface area contributed by atoms with E-state index >= 15 is 0 Å². The summed E-state index contributed by atoms with van der Waals surface area (Å²) in [6.07, 6.45) is -19.4.